The predicted octanol–water partition coefficient (Wildman–Crippen LogP) is 2.58. The van der Waals surface area contributed by atoms with Crippen LogP contribution < -0.4 is 0 Å². The third-order valence-electron chi connectivity index (χ3n) is 4.30. The Morgan fingerprint density at radius 3 is 2.58 bits per heavy atom. The van der Waals surface area contributed by atoms with Crippen molar-refractivity contribution in [1.82, 2.24) is 4.31 Å². The van der Waals surface area contributed by atoms with E-state index in [1.165, 1.54) is 0 Å². The minimum absolute atomic E-state index is 0.126. The lowest BCUT2D eigenvalue weighted by atomic mass is 9.95. The molecule has 0 spiro atoms. The first-order valence-corrected chi connectivity index (χ1v) is 8.19. The topological polar surface area (TPSA) is 37.4 Å². The first-order chi connectivity index (χ1) is 9.00. The van der Waals surface area contributed by atoms with E-state index in [0.717, 1.165) is 12.0 Å². The van der Waals surface area contributed by atoms with Crippen LogP contribution in [0.15, 0.2) is 41.3 Å². The van der Waals surface area contributed by atoms with Crippen LogP contribution in [-0.4, -0.2) is 25.3 Å². The molecule has 2 aliphatic rings. The van der Waals surface area contributed by atoms with Crippen LogP contribution in [-0.2, 0) is 10.0 Å². The van der Waals surface area contributed by atoms with Gasteiger partial charge in [-0.25, -0.2) is 8.42 Å². The standard InChI is InChI=1S/C15H19NO2S/c1-11-6-8-13(9-7-11)19(17,18)16-10-12(2)14-4-3-5-15(14)16/h3-4,6-9,12,14-15H,5,10H2,1-2H3/t12-,14+,15+/m0/s1. The number of fused-ring (bicyclic) bond motifs is 1. The lowest BCUT2D eigenvalue weighted by Gasteiger charge is -2.23. The zero-order valence-electron chi connectivity index (χ0n) is 11.3. The molecule has 102 valence electrons. The summed E-state index contributed by atoms with van der Waals surface area (Å²) in [7, 11) is -3.35. The summed E-state index contributed by atoms with van der Waals surface area (Å²) in [5.74, 6) is 0.796. The van der Waals surface area contributed by atoms with Crippen LogP contribution in [0.25, 0.3) is 0 Å². The molecule has 0 saturated carbocycles. The first-order valence-electron chi connectivity index (χ1n) is 6.75. The third-order valence-corrected chi connectivity index (χ3v) is 6.21. The molecule has 0 radical (unpaired) electrons. The molecule has 1 aromatic carbocycles. The van der Waals surface area contributed by atoms with Crippen molar-refractivity contribution in [2.24, 2.45) is 11.8 Å². The van der Waals surface area contributed by atoms with Gasteiger partial charge >= 0.3 is 0 Å². The average Bonchev–Trinajstić information content (AvgIpc) is 2.94. The molecule has 1 heterocycles. The molecule has 1 aliphatic carbocycles. The molecule has 19 heavy (non-hydrogen) atoms. The summed E-state index contributed by atoms with van der Waals surface area (Å²) < 4.78 is 27.2. The second-order valence-corrected chi connectivity index (χ2v) is 7.56. The zero-order valence-corrected chi connectivity index (χ0v) is 12.1. The summed E-state index contributed by atoms with van der Waals surface area (Å²) in [5.41, 5.74) is 1.08. The molecular formula is C15H19NO2S. The van der Waals surface area contributed by atoms with Crippen LogP contribution >= 0.6 is 0 Å². The minimum atomic E-state index is -3.35. The van der Waals surface area contributed by atoms with Crippen LogP contribution in [0, 0.1) is 18.8 Å². The third kappa shape index (κ3) is 2.03. The molecule has 3 rings (SSSR count). The molecule has 1 saturated heterocycles. The van der Waals surface area contributed by atoms with Gasteiger partial charge in [-0.2, -0.15) is 4.31 Å². The van der Waals surface area contributed by atoms with Gasteiger partial charge < -0.3 is 0 Å². The van der Waals surface area contributed by atoms with Crippen LogP contribution in [0.2, 0.25) is 0 Å². The highest BCUT2D eigenvalue weighted by Gasteiger charge is 2.45. The van der Waals surface area contributed by atoms with E-state index in [-0.39, 0.29) is 6.04 Å². The Morgan fingerprint density at radius 2 is 1.89 bits per heavy atom. The van der Waals surface area contributed by atoms with Gasteiger partial charge in [0.05, 0.1) is 4.90 Å². The summed E-state index contributed by atoms with van der Waals surface area (Å²) in [6.07, 6.45) is 5.14. The van der Waals surface area contributed by atoms with Crippen molar-refractivity contribution < 1.29 is 8.42 Å². The Labute approximate surface area is 115 Å². The largest absolute Gasteiger partial charge is 0.243 e. The molecule has 3 nitrogen and oxygen atoms in total. The maximum absolute atomic E-state index is 12.7. The molecule has 1 aliphatic heterocycles. The zero-order chi connectivity index (χ0) is 13.6. The molecule has 0 amide bonds. The molecule has 0 N–H and O–H groups in total. The summed E-state index contributed by atoms with van der Waals surface area (Å²) in [6.45, 7) is 4.74. The fourth-order valence-corrected chi connectivity index (χ4v) is 4.97. The second-order valence-electron chi connectivity index (χ2n) is 5.67. The predicted molar refractivity (Wildman–Crippen MR) is 75.3 cm³/mol. The van der Waals surface area contributed by atoms with Crippen molar-refractivity contribution >= 4 is 10.0 Å². The highest BCUT2D eigenvalue weighted by Crippen LogP contribution is 2.40. The maximum atomic E-state index is 12.7. The lowest BCUT2D eigenvalue weighted by Crippen LogP contribution is -2.36. The molecule has 0 unspecified atom stereocenters. The van der Waals surface area contributed by atoms with E-state index in [1.54, 1.807) is 16.4 Å². The van der Waals surface area contributed by atoms with Gasteiger partial charge in [0.2, 0.25) is 10.0 Å². The van der Waals surface area contributed by atoms with E-state index in [9.17, 15) is 8.42 Å². The fraction of sp³-hybridized carbons (Fsp3) is 0.467. The van der Waals surface area contributed by atoms with E-state index in [0.29, 0.717) is 23.3 Å². The van der Waals surface area contributed by atoms with E-state index >= 15 is 0 Å². The van der Waals surface area contributed by atoms with Crippen LogP contribution in [0.5, 0.6) is 0 Å². The van der Waals surface area contributed by atoms with E-state index in [1.807, 2.05) is 19.1 Å². The summed E-state index contributed by atoms with van der Waals surface area (Å²) in [6, 6.07) is 7.27. The van der Waals surface area contributed by atoms with Gasteiger partial charge in [-0.1, -0.05) is 36.8 Å². The molecule has 1 fully saturated rings. The minimum Gasteiger partial charge on any atom is -0.207 e. The summed E-state index contributed by atoms with van der Waals surface area (Å²) in [4.78, 5) is 0.415. The summed E-state index contributed by atoms with van der Waals surface area (Å²) >= 11 is 0. The SMILES string of the molecule is Cc1ccc(S(=O)(=O)N2C[C@H](C)[C@H]3C=CC[C@H]32)cc1. The van der Waals surface area contributed by atoms with Gasteiger partial charge in [-0.05, 0) is 37.3 Å². The van der Waals surface area contributed by atoms with Crippen molar-refractivity contribution in [3.63, 3.8) is 0 Å². The van der Waals surface area contributed by atoms with Gasteiger partial charge in [0.1, 0.15) is 0 Å². The molecular weight excluding hydrogens is 258 g/mol. The molecule has 0 bridgehead atoms. The van der Waals surface area contributed by atoms with Gasteiger partial charge in [-0.15, -0.1) is 0 Å². The van der Waals surface area contributed by atoms with Gasteiger partial charge in [0.25, 0.3) is 0 Å². The smallest absolute Gasteiger partial charge is 0.207 e. The Hall–Kier alpha value is -1.13. The molecule has 3 atom stereocenters. The fourth-order valence-electron chi connectivity index (χ4n) is 3.20. The van der Waals surface area contributed by atoms with E-state index in [2.05, 4.69) is 19.1 Å². The van der Waals surface area contributed by atoms with Gasteiger partial charge in [-0.3, -0.25) is 0 Å². The number of aryl methyl sites for hydroxylation is 1. The molecule has 4 heteroatoms. The number of sulfonamides is 1. The number of nitrogens with zero attached hydrogens (tertiary/aromatic N) is 1. The van der Waals surface area contributed by atoms with Crippen LogP contribution in [0.1, 0.15) is 18.9 Å². The van der Waals surface area contributed by atoms with E-state index in [4.69, 9.17) is 0 Å². The van der Waals surface area contributed by atoms with Gasteiger partial charge in [0.15, 0.2) is 0 Å². The van der Waals surface area contributed by atoms with Crippen LogP contribution in [0.3, 0.4) is 0 Å². The first kappa shape index (κ1) is 12.9. The molecule has 1 aromatic rings. The Kier molecular flexibility index (Phi) is 3.02. The van der Waals surface area contributed by atoms with Gasteiger partial charge in [0, 0.05) is 12.6 Å². The van der Waals surface area contributed by atoms with Crippen molar-refractivity contribution in [3.8, 4) is 0 Å². The maximum Gasteiger partial charge on any atom is 0.243 e. The Morgan fingerprint density at radius 1 is 1.21 bits per heavy atom. The normalized spacial score (nSPS) is 30.7. The highest BCUT2D eigenvalue weighted by molar-refractivity contribution is 7.89. The Balaban J connectivity index is 1.95. The number of rotatable bonds is 2. The molecule has 0 aromatic heterocycles. The van der Waals surface area contributed by atoms with E-state index < -0.39 is 10.0 Å². The second kappa shape index (κ2) is 4.46. The monoisotopic (exact) mass is 277 g/mol. The lowest BCUT2D eigenvalue weighted by molar-refractivity contribution is 0.376. The van der Waals surface area contributed by atoms with Crippen molar-refractivity contribution in [2.75, 3.05) is 6.54 Å². The van der Waals surface area contributed by atoms with Crippen LogP contribution in [0.4, 0.5) is 0 Å². The average molecular weight is 277 g/mol. The number of hydrogen-bond donors (Lipinski definition) is 0. The van der Waals surface area contributed by atoms with Crippen molar-refractivity contribution in [2.45, 2.75) is 31.2 Å². The quantitative estimate of drug-likeness (QED) is 0.779. The Bertz CT molecular complexity index is 604. The number of benzene rings is 1. The highest BCUT2D eigenvalue weighted by atomic mass is 32.2. The van der Waals surface area contributed by atoms with Crippen molar-refractivity contribution in [3.05, 3.63) is 42.0 Å². The number of hydrogen-bond acceptors (Lipinski definition) is 2. The van der Waals surface area contributed by atoms with Crippen molar-refractivity contribution in [1.29, 1.82) is 0 Å². The summed E-state index contributed by atoms with van der Waals surface area (Å²) in [5, 5.41) is 0.